The lowest BCUT2D eigenvalue weighted by Crippen LogP contribution is -2.46. The molecule has 1 rings (SSSR count). The van der Waals surface area contributed by atoms with Gasteiger partial charge in [0.05, 0.1) is 7.11 Å². The summed E-state index contributed by atoms with van der Waals surface area (Å²) in [5.74, 6) is 0.120. The molecule has 0 heterocycles. The average Bonchev–Trinajstić information content (AvgIpc) is 2.85. The Morgan fingerprint density at radius 3 is 2.25 bits per heavy atom. The van der Waals surface area contributed by atoms with Crippen molar-refractivity contribution < 1.29 is 19.1 Å². The fraction of sp³-hybridized carbons (Fsp3) is 0.867. The number of likely N-dealkylation sites (N-methyl/N-ethyl adjacent to an activating group) is 1. The van der Waals surface area contributed by atoms with E-state index >= 15 is 0 Å². The SMILES string of the molecule is COC(=O)C(CC1CCCC1)N(C)C(=O)OC(C)(C)C. The van der Waals surface area contributed by atoms with Gasteiger partial charge in [0.2, 0.25) is 0 Å². The van der Waals surface area contributed by atoms with Crippen LogP contribution in [0.15, 0.2) is 0 Å². The molecule has 1 aliphatic rings. The van der Waals surface area contributed by atoms with Crippen LogP contribution in [0.1, 0.15) is 52.9 Å². The molecule has 0 aromatic rings. The zero-order valence-electron chi connectivity index (χ0n) is 13.3. The quantitative estimate of drug-likeness (QED) is 0.745. The van der Waals surface area contributed by atoms with Gasteiger partial charge in [0.1, 0.15) is 11.6 Å². The summed E-state index contributed by atoms with van der Waals surface area (Å²) in [7, 11) is 2.96. The molecule has 0 aromatic carbocycles. The van der Waals surface area contributed by atoms with E-state index in [1.54, 1.807) is 7.05 Å². The predicted molar refractivity (Wildman–Crippen MR) is 76.4 cm³/mol. The number of hydrogen-bond acceptors (Lipinski definition) is 4. The minimum atomic E-state index is -0.570. The Bertz CT molecular complexity index is 342. The van der Waals surface area contributed by atoms with Crippen LogP contribution < -0.4 is 0 Å². The lowest BCUT2D eigenvalue weighted by molar-refractivity contribution is -0.147. The van der Waals surface area contributed by atoms with E-state index in [0.29, 0.717) is 12.3 Å². The Balaban J connectivity index is 2.70. The van der Waals surface area contributed by atoms with Crippen LogP contribution in [0, 0.1) is 5.92 Å². The van der Waals surface area contributed by atoms with E-state index in [0.717, 1.165) is 12.8 Å². The van der Waals surface area contributed by atoms with Gasteiger partial charge >= 0.3 is 12.1 Å². The first-order valence-electron chi connectivity index (χ1n) is 7.28. The number of hydrogen-bond donors (Lipinski definition) is 0. The van der Waals surface area contributed by atoms with E-state index in [2.05, 4.69) is 0 Å². The fourth-order valence-electron chi connectivity index (χ4n) is 2.57. The maximum absolute atomic E-state index is 12.1. The van der Waals surface area contributed by atoms with Crippen LogP contribution in [0.5, 0.6) is 0 Å². The van der Waals surface area contributed by atoms with Crippen molar-refractivity contribution >= 4 is 12.1 Å². The van der Waals surface area contributed by atoms with Crippen molar-refractivity contribution in [2.45, 2.75) is 64.5 Å². The molecule has 1 amide bonds. The zero-order chi connectivity index (χ0) is 15.3. The van der Waals surface area contributed by atoms with Gasteiger partial charge in [-0.15, -0.1) is 0 Å². The maximum Gasteiger partial charge on any atom is 0.410 e. The van der Waals surface area contributed by atoms with Gasteiger partial charge in [-0.1, -0.05) is 25.7 Å². The van der Waals surface area contributed by atoms with Crippen LogP contribution in [0.2, 0.25) is 0 Å². The van der Waals surface area contributed by atoms with Crippen molar-refractivity contribution in [3.63, 3.8) is 0 Å². The van der Waals surface area contributed by atoms with Gasteiger partial charge in [-0.05, 0) is 33.1 Å². The minimum Gasteiger partial charge on any atom is -0.467 e. The summed E-state index contributed by atoms with van der Waals surface area (Å²) in [6.45, 7) is 5.43. The van der Waals surface area contributed by atoms with Crippen molar-refractivity contribution in [3.05, 3.63) is 0 Å². The van der Waals surface area contributed by atoms with Gasteiger partial charge in [-0.25, -0.2) is 9.59 Å². The molecule has 1 unspecified atom stereocenters. The van der Waals surface area contributed by atoms with Crippen LogP contribution in [0.4, 0.5) is 4.79 Å². The molecule has 0 N–H and O–H groups in total. The third kappa shape index (κ3) is 5.02. The van der Waals surface area contributed by atoms with E-state index < -0.39 is 17.7 Å². The van der Waals surface area contributed by atoms with Gasteiger partial charge in [0, 0.05) is 7.05 Å². The summed E-state index contributed by atoms with van der Waals surface area (Å²) in [5.41, 5.74) is -0.570. The Labute approximate surface area is 121 Å². The van der Waals surface area contributed by atoms with Crippen LogP contribution in [0.25, 0.3) is 0 Å². The summed E-state index contributed by atoms with van der Waals surface area (Å²) < 4.78 is 10.2. The largest absolute Gasteiger partial charge is 0.467 e. The number of ether oxygens (including phenoxy) is 2. The molecule has 116 valence electrons. The van der Waals surface area contributed by atoms with Crippen LogP contribution in [-0.4, -0.2) is 42.8 Å². The molecule has 0 aliphatic heterocycles. The average molecular weight is 285 g/mol. The molecule has 1 atom stereocenters. The molecule has 20 heavy (non-hydrogen) atoms. The first-order chi connectivity index (χ1) is 9.24. The second kappa shape index (κ2) is 6.95. The van der Waals surface area contributed by atoms with E-state index in [1.165, 1.54) is 24.9 Å². The number of rotatable bonds is 4. The van der Waals surface area contributed by atoms with E-state index in [1.807, 2.05) is 20.8 Å². The summed E-state index contributed by atoms with van der Waals surface area (Å²) in [6, 6.07) is -0.557. The van der Waals surface area contributed by atoms with Crippen molar-refractivity contribution in [1.82, 2.24) is 4.90 Å². The summed E-state index contributed by atoms with van der Waals surface area (Å²) >= 11 is 0. The lowest BCUT2D eigenvalue weighted by Gasteiger charge is -2.30. The highest BCUT2D eigenvalue weighted by molar-refractivity contribution is 5.81. The van der Waals surface area contributed by atoms with Gasteiger partial charge in [0.25, 0.3) is 0 Å². The molecule has 5 heteroatoms. The molecule has 1 fully saturated rings. The smallest absolute Gasteiger partial charge is 0.410 e. The Morgan fingerprint density at radius 1 is 1.25 bits per heavy atom. The highest BCUT2D eigenvalue weighted by atomic mass is 16.6. The number of amides is 1. The topological polar surface area (TPSA) is 55.8 Å². The van der Waals surface area contributed by atoms with Gasteiger partial charge in [0.15, 0.2) is 0 Å². The maximum atomic E-state index is 12.1. The molecule has 0 aromatic heterocycles. The number of esters is 1. The standard InChI is InChI=1S/C15H27NO4/c1-15(2,3)20-14(18)16(4)12(13(17)19-5)10-11-8-6-7-9-11/h11-12H,6-10H2,1-5H3. The van der Waals surface area contributed by atoms with Crippen LogP contribution in [0.3, 0.4) is 0 Å². The van der Waals surface area contributed by atoms with E-state index in [4.69, 9.17) is 9.47 Å². The number of carbonyl (C=O) groups excluding carboxylic acids is 2. The normalized spacial score (nSPS) is 17.6. The minimum absolute atomic E-state index is 0.370. The molecular formula is C15H27NO4. The molecule has 0 bridgehead atoms. The number of nitrogens with zero attached hydrogens (tertiary/aromatic N) is 1. The third-order valence-electron chi connectivity index (χ3n) is 3.65. The molecule has 5 nitrogen and oxygen atoms in total. The van der Waals surface area contributed by atoms with Crippen molar-refractivity contribution in [1.29, 1.82) is 0 Å². The van der Waals surface area contributed by atoms with E-state index in [9.17, 15) is 9.59 Å². The highest BCUT2D eigenvalue weighted by Crippen LogP contribution is 2.30. The first kappa shape index (κ1) is 16.8. The van der Waals surface area contributed by atoms with Crippen molar-refractivity contribution in [2.75, 3.05) is 14.2 Å². The van der Waals surface area contributed by atoms with Gasteiger partial charge in [-0.2, -0.15) is 0 Å². The van der Waals surface area contributed by atoms with Crippen LogP contribution >= 0.6 is 0 Å². The molecule has 0 spiro atoms. The summed E-state index contributed by atoms with van der Waals surface area (Å²) in [4.78, 5) is 25.4. The fourth-order valence-corrected chi connectivity index (χ4v) is 2.57. The molecule has 1 saturated carbocycles. The Hall–Kier alpha value is -1.26. The monoisotopic (exact) mass is 285 g/mol. The van der Waals surface area contributed by atoms with Crippen molar-refractivity contribution in [2.24, 2.45) is 5.92 Å². The van der Waals surface area contributed by atoms with E-state index in [-0.39, 0.29) is 5.97 Å². The predicted octanol–water partition coefficient (Wildman–Crippen LogP) is 2.98. The second-order valence-electron chi connectivity index (χ2n) is 6.52. The molecule has 1 aliphatic carbocycles. The molecular weight excluding hydrogens is 258 g/mol. The highest BCUT2D eigenvalue weighted by Gasteiger charge is 2.33. The zero-order valence-corrected chi connectivity index (χ0v) is 13.3. The van der Waals surface area contributed by atoms with Crippen LogP contribution in [-0.2, 0) is 14.3 Å². The third-order valence-corrected chi connectivity index (χ3v) is 3.65. The Morgan fingerprint density at radius 2 is 1.80 bits per heavy atom. The van der Waals surface area contributed by atoms with Crippen molar-refractivity contribution in [3.8, 4) is 0 Å². The first-order valence-corrected chi connectivity index (χ1v) is 7.28. The van der Waals surface area contributed by atoms with Gasteiger partial charge in [-0.3, -0.25) is 4.90 Å². The summed E-state index contributed by atoms with van der Waals surface area (Å²) in [6.07, 6.45) is 4.82. The number of carbonyl (C=O) groups is 2. The lowest BCUT2D eigenvalue weighted by atomic mass is 9.98. The molecule has 0 radical (unpaired) electrons. The van der Waals surface area contributed by atoms with Gasteiger partial charge < -0.3 is 9.47 Å². The molecule has 0 saturated heterocycles. The second-order valence-corrected chi connectivity index (χ2v) is 6.52. The number of methoxy groups -OCH3 is 1. The summed E-state index contributed by atoms with van der Waals surface area (Å²) in [5, 5.41) is 0. The Kier molecular flexibility index (Phi) is 5.84.